The van der Waals surface area contributed by atoms with Crippen LogP contribution in [0.15, 0.2) is 0 Å². The number of nitrogens with one attached hydrogen (secondary N) is 1. The molecule has 0 aromatic heterocycles. The number of ether oxygens (including phenoxy) is 1. The van der Waals surface area contributed by atoms with Crippen molar-refractivity contribution >= 4 is 5.91 Å². The molecule has 2 rings (SSSR count). The van der Waals surface area contributed by atoms with Crippen molar-refractivity contribution in [1.82, 2.24) is 10.2 Å². The molecule has 0 aromatic carbocycles. The van der Waals surface area contributed by atoms with Gasteiger partial charge in [0.05, 0.1) is 6.07 Å². The molecule has 0 bridgehead atoms. The van der Waals surface area contributed by atoms with Crippen molar-refractivity contribution in [3.8, 4) is 6.07 Å². The van der Waals surface area contributed by atoms with E-state index in [9.17, 15) is 10.1 Å². The Balaban J connectivity index is 1.95. The number of amides is 1. The number of hydrogen-bond acceptors (Lipinski definition) is 4. The van der Waals surface area contributed by atoms with Gasteiger partial charge in [-0.1, -0.05) is 0 Å². The maximum absolute atomic E-state index is 12.4. The summed E-state index contributed by atoms with van der Waals surface area (Å²) in [5, 5.41) is 12.4. The Hall–Kier alpha value is -1.12. The Morgan fingerprint density at radius 2 is 1.95 bits per heavy atom. The van der Waals surface area contributed by atoms with Gasteiger partial charge < -0.3 is 15.0 Å². The molecular formula is C14H23N3O2. The van der Waals surface area contributed by atoms with E-state index in [0.29, 0.717) is 32.6 Å². The summed E-state index contributed by atoms with van der Waals surface area (Å²) >= 11 is 0. The topological polar surface area (TPSA) is 65.4 Å². The van der Waals surface area contributed by atoms with E-state index in [1.54, 1.807) is 0 Å². The minimum Gasteiger partial charge on any atom is -0.381 e. The zero-order valence-corrected chi connectivity index (χ0v) is 11.9. The second-order valence-electron chi connectivity index (χ2n) is 5.96. The van der Waals surface area contributed by atoms with Gasteiger partial charge in [0.25, 0.3) is 0 Å². The number of nitrogens with zero attached hydrogens (tertiary/aromatic N) is 2. The lowest BCUT2D eigenvalue weighted by molar-refractivity contribution is -0.133. The van der Waals surface area contributed by atoms with Gasteiger partial charge in [-0.3, -0.25) is 4.79 Å². The van der Waals surface area contributed by atoms with Crippen molar-refractivity contribution in [3.05, 3.63) is 0 Å². The van der Waals surface area contributed by atoms with Crippen LogP contribution in [0, 0.1) is 16.7 Å². The van der Waals surface area contributed by atoms with Crippen molar-refractivity contribution in [2.24, 2.45) is 5.41 Å². The Labute approximate surface area is 114 Å². The molecule has 1 aliphatic carbocycles. The number of rotatable bonds is 4. The van der Waals surface area contributed by atoms with E-state index in [1.165, 1.54) is 6.42 Å². The second-order valence-corrected chi connectivity index (χ2v) is 5.96. The van der Waals surface area contributed by atoms with Crippen molar-refractivity contribution in [1.29, 1.82) is 5.26 Å². The summed E-state index contributed by atoms with van der Waals surface area (Å²) in [5.41, 5.74) is -0.785. The SMILES string of the molecule is CN(C)C1(CNC(=O)C2(C#N)CCOCC2)CCC1. The van der Waals surface area contributed by atoms with E-state index in [1.807, 2.05) is 0 Å². The molecule has 0 unspecified atom stereocenters. The fourth-order valence-electron chi connectivity index (χ4n) is 2.89. The highest BCUT2D eigenvalue weighted by Gasteiger charge is 2.43. The molecule has 1 saturated heterocycles. The van der Waals surface area contributed by atoms with Crippen LogP contribution in [0.1, 0.15) is 32.1 Å². The average molecular weight is 265 g/mol. The van der Waals surface area contributed by atoms with Crippen LogP contribution in [-0.4, -0.2) is 50.2 Å². The lowest BCUT2D eigenvalue weighted by Gasteiger charge is -2.47. The highest BCUT2D eigenvalue weighted by atomic mass is 16.5. The molecule has 2 fully saturated rings. The summed E-state index contributed by atoms with van der Waals surface area (Å²) in [6.45, 7) is 1.64. The van der Waals surface area contributed by atoms with Crippen LogP contribution < -0.4 is 5.32 Å². The van der Waals surface area contributed by atoms with Gasteiger partial charge in [0, 0.05) is 25.3 Å². The predicted octanol–water partition coefficient (Wildman–Crippen LogP) is 0.907. The molecule has 1 amide bonds. The van der Waals surface area contributed by atoms with E-state index in [-0.39, 0.29) is 11.4 Å². The first-order chi connectivity index (χ1) is 9.05. The summed E-state index contributed by atoms with van der Waals surface area (Å²) in [6.07, 6.45) is 4.45. The Morgan fingerprint density at radius 3 is 2.37 bits per heavy atom. The van der Waals surface area contributed by atoms with Crippen molar-refractivity contribution in [2.75, 3.05) is 33.9 Å². The first-order valence-corrected chi connectivity index (χ1v) is 6.99. The zero-order valence-electron chi connectivity index (χ0n) is 11.9. The van der Waals surface area contributed by atoms with E-state index >= 15 is 0 Å². The first-order valence-electron chi connectivity index (χ1n) is 6.99. The second kappa shape index (κ2) is 5.48. The molecule has 5 nitrogen and oxygen atoms in total. The van der Waals surface area contributed by atoms with Crippen LogP contribution in [0.25, 0.3) is 0 Å². The third kappa shape index (κ3) is 2.60. The van der Waals surface area contributed by atoms with Crippen molar-refractivity contribution in [2.45, 2.75) is 37.6 Å². The molecule has 5 heteroatoms. The minimum atomic E-state index is -0.879. The van der Waals surface area contributed by atoms with E-state index in [2.05, 4.69) is 30.4 Å². The molecule has 1 saturated carbocycles. The molecule has 1 heterocycles. The van der Waals surface area contributed by atoms with E-state index in [0.717, 1.165) is 12.8 Å². The van der Waals surface area contributed by atoms with Crippen molar-refractivity contribution < 1.29 is 9.53 Å². The third-order valence-electron chi connectivity index (χ3n) is 4.81. The molecular weight excluding hydrogens is 242 g/mol. The van der Waals surface area contributed by atoms with Crippen LogP contribution >= 0.6 is 0 Å². The van der Waals surface area contributed by atoms with Crippen LogP contribution in [0.3, 0.4) is 0 Å². The van der Waals surface area contributed by atoms with Gasteiger partial charge in [-0.15, -0.1) is 0 Å². The zero-order chi connectivity index (χ0) is 13.9. The Bertz CT molecular complexity index is 377. The number of hydrogen-bond donors (Lipinski definition) is 1. The van der Waals surface area contributed by atoms with Gasteiger partial charge in [0.2, 0.25) is 5.91 Å². The minimum absolute atomic E-state index is 0.0947. The van der Waals surface area contributed by atoms with Crippen LogP contribution in [-0.2, 0) is 9.53 Å². The molecule has 0 spiro atoms. The van der Waals surface area contributed by atoms with E-state index < -0.39 is 5.41 Å². The maximum atomic E-state index is 12.4. The molecule has 0 atom stereocenters. The fourth-order valence-corrected chi connectivity index (χ4v) is 2.89. The normalized spacial score (nSPS) is 24.3. The largest absolute Gasteiger partial charge is 0.381 e. The predicted molar refractivity (Wildman–Crippen MR) is 71.4 cm³/mol. The number of nitriles is 1. The number of carbonyl (C=O) groups is 1. The lowest BCUT2D eigenvalue weighted by Crippen LogP contribution is -2.58. The lowest BCUT2D eigenvalue weighted by atomic mass is 9.75. The average Bonchev–Trinajstić information content (AvgIpc) is 2.37. The van der Waals surface area contributed by atoms with Gasteiger partial charge in [-0.05, 0) is 46.2 Å². The van der Waals surface area contributed by atoms with Crippen molar-refractivity contribution in [3.63, 3.8) is 0 Å². The fraction of sp³-hybridized carbons (Fsp3) is 0.857. The molecule has 1 aliphatic heterocycles. The first kappa shape index (κ1) is 14.3. The van der Waals surface area contributed by atoms with Gasteiger partial charge in [-0.2, -0.15) is 5.26 Å². The monoisotopic (exact) mass is 265 g/mol. The van der Waals surface area contributed by atoms with E-state index in [4.69, 9.17) is 4.74 Å². The van der Waals surface area contributed by atoms with Gasteiger partial charge in [0.15, 0.2) is 0 Å². The molecule has 106 valence electrons. The number of likely N-dealkylation sites (N-methyl/N-ethyl adjacent to an activating group) is 1. The molecule has 1 N–H and O–H groups in total. The third-order valence-corrected chi connectivity index (χ3v) is 4.81. The van der Waals surface area contributed by atoms with Crippen LogP contribution in [0.4, 0.5) is 0 Å². The molecule has 19 heavy (non-hydrogen) atoms. The van der Waals surface area contributed by atoms with Gasteiger partial charge in [-0.25, -0.2) is 0 Å². The summed E-state index contributed by atoms with van der Waals surface area (Å²) in [5.74, 6) is -0.119. The van der Waals surface area contributed by atoms with Crippen LogP contribution in [0.5, 0.6) is 0 Å². The van der Waals surface area contributed by atoms with Gasteiger partial charge >= 0.3 is 0 Å². The van der Waals surface area contributed by atoms with Gasteiger partial charge in [0.1, 0.15) is 5.41 Å². The quantitative estimate of drug-likeness (QED) is 0.820. The molecule has 0 aromatic rings. The summed E-state index contributed by atoms with van der Waals surface area (Å²) in [6, 6.07) is 2.21. The smallest absolute Gasteiger partial charge is 0.240 e. The molecule has 0 radical (unpaired) electrons. The standard InChI is InChI=1S/C14H23N3O2/c1-17(2)14(4-3-5-14)11-16-12(18)13(10-15)6-8-19-9-7-13/h3-9,11H2,1-2H3,(H,16,18). The summed E-state index contributed by atoms with van der Waals surface area (Å²) in [7, 11) is 4.11. The Kier molecular flexibility index (Phi) is 4.12. The van der Waals surface area contributed by atoms with Crippen LogP contribution in [0.2, 0.25) is 0 Å². The maximum Gasteiger partial charge on any atom is 0.240 e. The summed E-state index contributed by atoms with van der Waals surface area (Å²) < 4.78 is 5.25. The Morgan fingerprint density at radius 1 is 1.32 bits per heavy atom. The number of carbonyl (C=O) groups excluding carboxylic acids is 1. The molecule has 2 aliphatic rings. The highest BCUT2D eigenvalue weighted by molar-refractivity contribution is 5.85. The highest BCUT2D eigenvalue weighted by Crippen LogP contribution is 2.36. The summed E-state index contributed by atoms with van der Waals surface area (Å²) in [4.78, 5) is 14.5.